The van der Waals surface area contributed by atoms with Crippen LogP contribution in [0.4, 0.5) is 0 Å². The van der Waals surface area contributed by atoms with Crippen LogP contribution in [0, 0.1) is 0 Å². The Morgan fingerprint density at radius 1 is 1.25 bits per heavy atom. The molecule has 0 radical (unpaired) electrons. The molecule has 2 bridgehead atoms. The van der Waals surface area contributed by atoms with Gasteiger partial charge in [-0.2, -0.15) is 0 Å². The van der Waals surface area contributed by atoms with Crippen LogP contribution in [-0.4, -0.2) is 42.5 Å². The Morgan fingerprint density at radius 3 is 2.89 bits per heavy atom. The molecule has 2 fully saturated rings. The molecule has 2 aromatic heterocycles. The Balaban J connectivity index is 1.31. The molecule has 4 heterocycles. The Kier molecular flexibility index (Phi) is 4.05. The Labute approximate surface area is 163 Å². The molecule has 144 valence electrons. The Bertz CT molecular complexity index is 973. The minimum Gasteiger partial charge on any atom is -0.507 e. The van der Waals surface area contributed by atoms with E-state index in [0.29, 0.717) is 23.2 Å². The number of fused-ring (bicyclic) bond motifs is 2. The summed E-state index contributed by atoms with van der Waals surface area (Å²) in [6.07, 6.45) is 9.80. The summed E-state index contributed by atoms with van der Waals surface area (Å²) in [6, 6.07) is 9.65. The normalized spacial score (nSPS) is 26.3. The van der Waals surface area contributed by atoms with Crippen molar-refractivity contribution in [3.63, 3.8) is 0 Å². The number of aromatic hydroxyl groups is 1. The largest absolute Gasteiger partial charge is 0.507 e. The van der Waals surface area contributed by atoms with E-state index in [4.69, 9.17) is 4.74 Å². The van der Waals surface area contributed by atoms with E-state index in [1.165, 1.54) is 12.8 Å². The first kappa shape index (κ1) is 17.2. The van der Waals surface area contributed by atoms with Crippen LogP contribution >= 0.6 is 0 Å². The average molecular weight is 377 g/mol. The molecule has 3 atom stereocenters. The lowest BCUT2D eigenvalue weighted by molar-refractivity contribution is 0.103. The van der Waals surface area contributed by atoms with E-state index < -0.39 is 0 Å². The molecule has 28 heavy (non-hydrogen) atoms. The monoisotopic (exact) mass is 377 g/mol. The van der Waals surface area contributed by atoms with E-state index in [-0.39, 0.29) is 17.4 Å². The predicted molar refractivity (Wildman–Crippen MR) is 104 cm³/mol. The highest BCUT2D eigenvalue weighted by Crippen LogP contribution is 2.37. The molecule has 1 aromatic carbocycles. The van der Waals surface area contributed by atoms with Crippen molar-refractivity contribution < 1.29 is 9.84 Å². The van der Waals surface area contributed by atoms with Crippen molar-refractivity contribution in [2.24, 2.45) is 0 Å². The van der Waals surface area contributed by atoms with Gasteiger partial charge in [0.15, 0.2) is 0 Å². The fourth-order valence-electron chi connectivity index (χ4n) is 4.47. The molecule has 0 unspecified atom stereocenters. The van der Waals surface area contributed by atoms with E-state index in [2.05, 4.69) is 27.4 Å². The van der Waals surface area contributed by atoms with E-state index >= 15 is 0 Å². The van der Waals surface area contributed by atoms with Gasteiger partial charge in [0.1, 0.15) is 11.9 Å². The molecule has 2 aliphatic heterocycles. The van der Waals surface area contributed by atoms with Gasteiger partial charge < -0.3 is 19.7 Å². The number of piperidine rings is 1. The van der Waals surface area contributed by atoms with Crippen molar-refractivity contribution >= 4 is 0 Å². The molecule has 0 spiro atoms. The predicted octanol–water partition coefficient (Wildman–Crippen LogP) is 3.09. The van der Waals surface area contributed by atoms with Crippen LogP contribution in [0.25, 0.3) is 16.9 Å². The maximum absolute atomic E-state index is 10.4. The molecule has 5 rings (SSSR count). The summed E-state index contributed by atoms with van der Waals surface area (Å²) in [5.74, 6) is 0.685. The molecule has 0 saturated carbocycles. The van der Waals surface area contributed by atoms with Gasteiger partial charge in [-0.3, -0.25) is 0 Å². The van der Waals surface area contributed by atoms with Gasteiger partial charge in [-0.05, 0) is 44.4 Å². The fraction of sp³-hybridized carbons (Fsp3) is 0.381. The molecule has 0 amide bonds. The number of nitrogens with zero attached hydrogens (tertiary/aromatic N) is 4. The van der Waals surface area contributed by atoms with Crippen LogP contribution in [0.5, 0.6) is 11.6 Å². The number of phenols is 1. The van der Waals surface area contributed by atoms with Crippen LogP contribution in [0.2, 0.25) is 0 Å². The summed E-state index contributed by atoms with van der Waals surface area (Å²) in [6.45, 7) is 2.27. The maximum Gasteiger partial charge on any atom is 0.233 e. The molecular weight excluding hydrogens is 354 g/mol. The third-order valence-electron chi connectivity index (χ3n) is 5.81. The number of aromatic nitrogens is 4. The first-order valence-corrected chi connectivity index (χ1v) is 9.68. The molecule has 3 aromatic rings. The minimum absolute atomic E-state index is 0.150. The van der Waals surface area contributed by atoms with Gasteiger partial charge in [0.2, 0.25) is 5.88 Å². The highest BCUT2D eigenvalue weighted by molar-refractivity contribution is 5.68. The summed E-state index contributed by atoms with van der Waals surface area (Å²) >= 11 is 0. The maximum atomic E-state index is 10.4. The van der Waals surface area contributed by atoms with Gasteiger partial charge >= 0.3 is 0 Å². The van der Waals surface area contributed by atoms with Crippen molar-refractivity contribution in [3.8, 4) is 28.6 Å². The third kappa shape index (κ3) is 3.22. The van der Waals surface area contributed by atoms with Crippen molar-refractivity contribution in [1.82, 2.24) is 25.1 Å². The Hall–Kier alpha value is -2.93. The summed E-state index contributed by atoms with van der Waals surface area (Å²) < 4.78 is 7.94. The number of benzene rings is 1. The first-order chi connectivity index (χ1) is 13.6. The minimum atomic E-state index is 0.150. The van der Waals surface area contributed by atoms with Crippen molar-refractivity contribution in [2.45, 2.75) is 50.3 Å². The van der Waals surface area contributed by atoms with Gasteiger partial charge in [-0.15, -0.1) is 10.2 Å². The standard InChI is InChI=1S/C21H23N5O2/c1-21-7-6-14(23-21)10-16(12-21)28-20-5-4-18(24-25-20)17-3-2-15(11-19(17)27)26-9-8-22-13-26/h2-5,8-9,11,13-14,16,23,27H,6-7,10,12H2,1H3/t14-,16-,21+/m0/s1. The second-order valence-electron chi connectivity index (χ2n) is 8.05. The molecule has 2 saturated heterocycles. The summed E-state index contributed by atoms with van der Waals surface area (Å²) in [5, 5.41) is 22.6. The van der Waals surface area contributed by atoms with Gasteiger partial charge in [-0.25, -0.2) is 4.98 Å². The third-order valence-corrected chi connectivity index (χ3v) is 5.81. The van der Waals surface area contributed by atoms with Gasteiger partial charge in [0.25, 0.3) is 0 Å². The number of nitrogens with one attached hydrogen (secondary N) is 1. The van der Waals surface area contributed by atoms with Crippen molar-refractivity contribution in [3.05, 3.63) is 49.1 Å². The summed E-state index contributed by atoms with van der Waals surface area (Å²) in [5.41, 5.74) is 2.26. The number of hydrogen-bond donors (Lipinski definition) is 2. The lowest BCUT2D eigenvalue weighted by Crippen LogP contribution is -2.50. The molecule has 7 nitrogen and oxygen atoms in total. The van der Waals surface area contributed by atoms with E-state index in [1.54, 1.807) is 18.6 Å². The van der Waals surface area contributed by atoms with Crippen LogP contribution in [0.3, 0.4) is 0 Å². The van der Waals surface area contributed by atoms with Crippen LogP contribution in [0.1, 0.15) is 32.6 Å². The second kappa shape index (κ2) is 6.60. The number of hydrogen-bond acceptors (Lipinski definition) is 6. The highest BCUT2D eigenvalue weighted by atomic mass is 16.5. The smallest absolute Gasteiger partial charge is 0.233 e. The Morgan fingerprint density at radius 2 is 2.18 bits per heavy atom. The fourth-order valence-corrected chi connectivity index (χ4v) is 4.47. The SMILES string of the molecule is C[C@@]12CC[C@@H](C[C@H](Oc3ccc(-c4ccc(-n5ccnc5)cc4O)nn3)C1)N2. The lowest BCUT2D eigenvalue weighted by Gasteiger charge is -2.36. The molecule has 0 aliphatic carbocycles. The van der Waals surface area contributed by atoms with Crippen LogP contribution < -0.4 is 10.1 Å². The first-order valence-electron chi connectivity index (χ1n) is 9.68. The zero-order valence-electron chi connectivity index (χ0n) is 15.7. The van der Waals surface area contributed by atoms with Gasteiger partial charge in [-0.1, -0.05) is 0 Å². The average Bonchev–Trinajstić information content (AvgIpc) is 3.30. The number of imidazole rings is 1. The summed E-state index contributed by atoms with van der Waals surface area (Å²) in [4.78, 5) is 4.03. The topological polar surface area (TPSA) is 85.1 Å². The van der Waals surface area contributed by atoms with E-state index in [0.717, 1.165) is 18.5 Å². The zero-order valence-corrected chi connectivity index (χ0v) is 15.7. The quantitative estimate of drug-likeness (QED) is 0.727. The van der Waals surface area contributed by atoms with Crippen LogP contribution in [0.15, 0.2) is 49.1 Å². The molecule has 7 heteroatoms. The number of phenolic OH excluding ortho intramolecular Hbond substituents is 1. The number of rotatable bonds is 4. The summed E-state index contributed by atoms with van der Waals surface area (Å²) in [7, 11) is 0. The molecular formula is C21H23N5O2. The zero-order chi connectivity index (χ0) is 19.1. The van der Waals surface area contributed by atoms with E-state index in [1.807, 2.05) is 35.0 Å². The van der Waals surface area contributed by atoms with Gasteiger partial charge in [0.05, 0.1) is 17.7 Å². The van der Waals surface area contributed by atoms with Crippen molar-refractivity contribution in [1.29, 1.82) is 0 Å². The van der Waals surface area contributed by atoms with Gasteiger partial charge in [0, 0.05) is 48.1 Å². The van der Waals surface area contributed by atoms with Crippen LogP contribution in [-0.2, 0) is 0 Å². The molecule has 2 N–H and O–H groups in total. The number of ether oxygens (including phenoxy) is 1. The van der Waals surface area contributed by atoms with Crippen molar-refractivity contribution in [2.75, 3.05) is 0 Å². The van der Waals surface area contributed by atoms with E-state index in [9.17, 15) is 5.11 Å². The lowest BCUT2D eigenvalue weighted by atomic mass is 9.91. The second-order valence-corrected chi connectivity index (χ2v) is 8.05. The molecule has 2 aliphatic rings. The highest BCUT2D eigenvalue weighted by Gasteiger charge is 2.42.